The standard InChI is InChI=1S/C48H58O4/c49-45-37-17-33(29-9-1-2-10-29)18-38(45)26-40-20-35(31-13-5-6-14-31)22-42(47(40)51)28-44-24-36(32-15-7-8-16-32)23-43(48(44)52)27-41-21-34(30-11-3-4-12-30)19-39(25-37)46(41)50/h17-24,29-32,37,45,49-52H,1-16,25-28H2/t37-,45+/m0/s1. The predicted molar refractivity (Wildman–Crippen MR) is 209 cm³/mol. The summed E-state index contributed by atoms with van der Waals surface area (Å²) in [5.74, 6) is 2.71. The minimum absolute atomic E-state index is 0.161. The molecule has 4 heteroatoms. The number of benzene rings is 3. The third-order valence-electron chi connectivity index (χ3n) is 14.3. The van der Waals surface area contributed by atoms with Crippen LogP contribution < -0.4 is 0 Å². The number of fused-ring (bicyclic) bond motifs is 8. The molecule has 4 saturated carbocycles. The van der Waals surface area contributed by atoms with E-state index < -0.39 is 6.10 Å². The van der Waals surface area contributed by atoms with Gasteiger partial charge in [0.15, 0.2) is 0 Å². The van der Waals surface area contributed by atoms with Gasteiger partial charge in [0, 0.05) is 18.8 Å². The summed E-state index contributed by atoms with van der Waals surface area (Å²) in [5, 5.41) is 48.6. The van der Waals surface area contributed by atoms with Gasteiger partial charge >= 0.3 is 0 Å². The van der Waals surface area contributed by atoms with E-state index in [-0.39, 0.29) is 5.92 Å². The number of rotatable bonds is 4. The van der Waals surface area contributed by atoms with E-state index in [1.54, 1.807) is 0 Å². The lowest BCUT2D eigenvalue weighted by molar-refractivity contribution is 0.158. The molecule has 0 aliphatic heterocycles. The Morgan fingerprint density at radius 3 is 1.19 bits per heavy atom. The van der Waals surface area contributed by atoms with Gasteiger partial charge < -0.3 is 20.4 Å². The van der Waals surface area contributed by atoms with Gasteiger partial charge in [-0.2, -0.15) is 0 Å². The molecule has 6 aliphatic carbocycles. The third-order valence-corrected chi connectivity index (χ3v) is 14.3. The van der Waals surface area contributed by atoms with Crippen molar-refractivity contribution >= 4 is 0 Å². The zero-order chi connectivity index (χ0) is 35.3. The molecule has 4 fully saturated rings. The molecule has 0 amide bonds. The zero-order valence-electron chi connectivity index (χ0n) is 31.0. The number of aliphatic hydroxyl groups is 1. The van der Waals surface area contributed by atoms with Crippen LogP contribution in [0.25, 0.3) is 0 Å². The van der Waals surface area contributed by atoms with E-state index >= 15 is 0 Å². The van der Waals surface area contributed by atoms with Crippen LogP contribution >= 0.6 is 0 Å². The summed E-state index contributed by atoms with van der Waals surface area (Å²) in [6.45, 7) is 0. The smallest absolute Gasteiger partial charge is 0.122 e. The number of hydrogen-bond acceptors (Lipinski definition) is 4. The number of allylic oxidation sites excluding steroid dienone is 2. The lowest BCUT2D eigenvalue weighted by Gasteiger charge is -2.31. The van der Waals surface area contributed by atoms with Crippen molar-refractivity contribution in [2.24, 2.45) is 11.8 Å². The maximum atomic E-state index is 12.2. The molecular weight excluding hydrogens is 641 g/mol. The Morgan fingerprint density at radius 2 is 0.769 bits per heavy atom. The van der Waals surface area contributed by atoms with Crippen LogP contribution in [0.5, 0.6) is 17.2 Å². The highest BCUT2D eigenvalue weighted by molar-refractivity contribution is 5.56. The lowest BCUT2D eigenvalue weighted by Crippen LogP contribution is -2.28. The van der Waals surface area contributed by atoms with Crippen LogP contribution in [0, 0.1) is 11.8 Å². The van der Waals surface area contributed by atoms with Crippen molar-refractivity contribution in [3.63, 3.8) is 0 Å². The fourth-order valence-corrected chi connectivity index (χ4v) is 11.4. The minimum atomic E-state index is -0.695. The van der Waals surface area contributed by atoms with Crippen molar-refractivity contribution in [3.05, 3.63) is 110 Å². The normalized spacial score (nSPS) is 24.8. The first-order valence-corrected chi connectivity index (χ1v) is 21.0. The van der Waals surface area contributed by atoms with Gasteiger partial charge in [-0.25, -0.2) is 0 Å². The van der Waals surface area contributed by atoms with Gasteiger partial charge in [-0.1, -0.05) is 99.9 Å². The van der Waals surface area contributed by atoms with E-state index in [0.29, 0.717) is 66.6 Å². The molecule has 6 aliphatic rings. The second-order valence-electron chi connectivity index (χ2n) is 17.7. The van der Waals surface area contributed by atoms with Gasteiger partial charge in [0.25, 0.3) is 0 Å². The highest BCUT2D eigenvalue weighted by Crippen LogP contribution is 2.46. The molecule has 8 bridgehead atoms. The summed E-state index contributed by atoms with van der Waals surface area (Å²) in [5.41, 5.74) is 11.5. The highest BCUT2D eigenvalue weighted by Gasteiger charge is 2.33. The molecule has 52 heavy (non-hydrogen) atoms. The SMILES string of the molecule is Oc1c2cc(C3CCCC3)cc1Cc1cc(C3CCCC3)cc(c1O)Cc1cc(C3CCCC3)cc(c1O)C[C@@H]1C=C(C3CCCC3)C=C(C2)[C@@H]1O. The maximum absolute atomic E-state index is 12.2. The van der Waals surface area contributed by atoms with Crippen molar-refractivity contribution < 1.29 is 20.4 Å². The van der Waals surface area contributed by atoms with Crippen LogP contribution in [-0.2, 0) is 25.7 Å². The Hall–Kier alpha value is -3.50. The van der Waals surface area contributed by atoms with Crippen LogP contribution in [0.15, 0.2) is 59.7 Å². The van der Waals surface area contributed by atoms with E-state index in [2.05, 4.69) is 48.6 Å². The average molecular weight is 699 g/mol. The number of aliphatic hydroxyl groups excluding tert-OH is 1. The van der Waals surface area contributed by atoms with Gasteiger partial charge in [-0.3, -0.25) is 0 Å². The molecule has 0 unspecified atom stereocenters. The van der Waals surface area contributed by atoms with Crippen LogP contribution in [0.2, 0.25) is 0 Å². The van der Waals surface area contributed by atoms with Crippen LogP contribution in [0.4, 0.5) is 0 Å². The molecule has 9 rings (SSSR count). The maximum Gasteiger partial charge on any atom is 0.122 e. The second kappa shape index (κ2) is 14.4. The lowest BCUT2D eigenvalue weighted by atomic mass is 9.77. The Bertz CT molecular complexity index is 1870. The topological polar surface area (TPSA) is 80.9 Å². The second-order valence-corrected chi connectivity index (χ2v) is 17.7. The molecule has 0 saturated heterocycles. The van der Waals surface area contributed by atoms with Crippen LogP contribution in [0.3, 0.4) is 0 Å². The van der Waals surface area contributed by atoms with Crippen molar-refractivity contribution in [2.75, 3.05) is 0 Å². The van der Waals surface area contributed by atoms with Gasteiger partial charge in [0.2, 0.25) is 0 Å². The van der Waals surface area contributed by atoms with Crippen molar-refractivity contribution in [1.82, 2.24) is 0 Å². The van der Waals surface area contributed by atoms with Crippen LogP contribution in [0.1, 0.15) is 171 Å². The van der Waals surface area contributed by atoms with E-state index in [1.807, 2.05) is 0 Å². The molecule has 3 aromatic carbocycles. The number of phenolic OH excluding ortho intramolecular Hbond substituents is 3. The molecule has 0 heterocycles. The van der Waals surface area contributed by atoms with Gasteiger partial charge in [-0.05, 0) is 149 Å². The highest BCUT2D eigenvalue weighted by atomic mass is 16.3. The monoisotopic (exact) mass is 698 g/mol. The fraction of sp³-hybridized carbons (Fsp3) is 0.542. The summed E-state index contributed by atoms with van der Waals surface area (Å²) in [6.07, 6.45) is 25.2. The minimum Gasteiger partial charge on any atom is -0.507 e. The fourth-order valence-electron chi connectivity index (χ4n) is 11.4. The molecular formula is C48H58O4. The average Bonchev–Trinajstić information content (AvgIpc) is 3.99. The molecule has 3 aromatic rings. The van der Waals surface area contributed by atoms with Crippen molar-refractivity contribution in [1.29, 1.82) is 0 Å². The Labute approximate surface area is 310 Å². The van der Waals surface area contributed by atoms with Crippen LogP contribution in [-0.4, -0.2) is 26.5 Å². The Balaban J connectivity index is 1.23. The molecule has 0 aromatic heterocycles. The summed E-state index contributed by atoms with van der Waals surface area (Å²) in [4.78, 5) is 0. The van der Waals surface area contributed by atoms with Gasteiger partial charge in [0.1, 0.15) is 17.2 Å². The Kier molecular flexibility index (Phi) is 9.48. The summed E-state index contributed by atoms with van der Waals surface area (Å²) >= 11 is 0. The first-order valence-electron chi connectivity index (χ1n) is 21.0. The van der Waals surface area contributed by atoms with Crippen molar-refractivity contribution in [2.45, 2.75) is 152 Å². The Morgan fingerprint density at radius 1 is 0.423 bits per heavy atom. The number of hydrogen-bond donors (Lipinski definition) is 4. The molecule has 4 N–H and O–H groups in total. The van der Waals surface area contributed by atoms with Gasteiger partial charge in [-0.15, -0.1) is 0 Å². The summed E-state index contributed by atoms with van der Waals surface area (Å²) < 4.78 is 0. The number of aromatic hydroxyl groups is 3. The molecule has 0 radical (unpaired) electrons. The van der Waals surface area contributed by atoms with E-state index in [1.165, 1.54) is 112 Å². The van der Waals surface area contributed by atoms with Crippen molar-refractivity contribution in [3.8, 4) is 17.2 Å². The molecule has 2 atom stereocenters. The van der Waals surface area contributed by atoms with Gasteiger partial charge in [0.05, 0.1) is 6.10 Å². The molecule has 274 valence electrons. The summed E-state index contributed by atoms with van der Waals surface area (Å²) in [7, 11) is 0. The molecule has 0 spiro atoms. The molecule has 4 nitrogen and oxygen atoms in total. The predicted octanol–water partition coefficient (Wildman–Crippen LogP) is 11.1. The first-order chi connectivity index (χ1) is 25.4. The quantitative estimate of drug-likeness (QED) is 0.219. The third kappa shape index (κ3) is 6.63. The largest absolute Gasteiger partial charge is 0.507 e. The number of phenols is 3. The zero-order valence-corrected chi connectivity index (χ0v) is 31.0. The van der Waals surface area contributed by atoms with E-state index in [0.717, 1.165) is 51.8 Å². The first kappa shape index (κ1) is 34.3. The van der Waals surface area contributed by atoms with E-state index in [4.69, 9.17) is 0 Å². The van der Waals surface area contributed by atoms with E-state index in [9.17, 15) is 20.4 Å². The summed E-state index contributed by atoms with van der Waals surface area (Å²) in [6, 6.07) is 13.4.